The number of aliphatic hydroxyl groups is 1. The lowest BCUT2D eigenvalue weighted by Gasteiger charge is -2.20. The molecule has 0 amide bonds. The van der Waals surface area contributed by atoms with Gasteiger partial charge in [0, 0.05) is 19.6 Å². The summed E-state index contributed by atoms with van der Waals surface area (Å²) < 4.78 is 5.62. The van der Waals surface area contributed by atoms with Crippen LogP contribution in [0.2, 0.25) is 0 Å². The Morgan fingerprint density at radius 2 is 2.25 bits per heavy atom. The first-order valence-electron chi connectivity index (χ1n) is 7.37. The summed E-state index contributed by atoms with van der Waals surface area (Å²) in [4.78, 5) is 2.19. The first-order valence-corrected chi connectivity index (χ1v) is 7.37. The maximum atomic E-state index is 10.0. The smallest absolute Gasteiger partial charge is 0.119 e. The molecule has 112 valence electrons. The van der Waals surface area contributed by atoms with Crippen LogP contribution in [-0.2, 0) is 6.54 Å². The largest absolute Gasteiger partial charge is 0.491 e. The molecular weight excluding hydrogens is 252 g/mol. The minimum Gasteiger partial charge on any atom is -0.491 e. The van der Waals surface area contributed by atoms with Crippen LogP contribution in [-0.4, -0.2) is 42.9 Å². The van der Waals surface area contributed by atoms with Crippen molar-refractivity contribution in [3.63, 3.8) is 0 Å². The van der Waals surface area contributed by atoms with Crippen LogP contribution in [0.15, 0.2) is 24.3 Å². The molecule has 3 unspecified atom stereocenters. The molecule has 4 nitrogen and oxygen atoms in total. The molecular formula is C16H26N2O2. The third-order valence-electron chi connectivity index (χ3n) is 3.92. The van der Waals surface area contributed by atoms with Crippen molar-refractivity contribution < 1.29 is 9.84 Å². The number of nitrogens with zero attached hydrogens (tertiary/aromatic N) is 1. The molecule has 0 radical (unpaired) electrons. The lowest BCUT2D eigenvalue weighted by molar-refractivity contribution is 0.0747. The fraction of sp³-hybridized carbons (Fsp3) is 0.625. The van der Waals surface area contributed by atoms with Gasteiger partial charge in [-0.2, -0.15) is 0 Å². The van der Waals surface area contributed by atoms with Gasteiger partial charge in [0.15, 0.2) is 0 Å². The van der Waals surface area contributed by atoms with Crippen molar-refractivity contribution in [2.75, 3.05) is 26.7 Å². The zero-order valence-electron chi connectivity index (χ0n) is 12.5. The van der Waals surface area contributed by atoms with Crippen LogP contribution in [0.1, 0.15) is 18.9 Å². The summed E-state index contributed by atoms with van der Waals surface area (Å²) in [5.41, 5.74) is 6.63. The van der Waals surface area contributed by atoms with Crippen molar-refractivity contribution in [1.82, 2.24) is 4.90 Å². The highest BCUT2D eigenvalue weighted by Crippen LogP contribution is 2.37. The average Bonchev–Trinajstić information content (AvgIpc) is 3.11. The van der Waals surface area contributed by atoms with E-state index in [4.69, 9.17) is 10.5 Å². The molecule has 1 aromatic carbocycles. The van der Waals surface area contributed by atoms with Crippen LogP contribution < -0.4 is 10.5 Å². The second-order valence-corrected chi connectivity index (χ2v) is 6.01. The summed E-state index contributed by atoms with van der Waals surface area (Å²) in [6.07, 6.45) is 0.860. The molecule has 0 bridgehead atoms. The summed E-state index contributed by atoms with van der Waals surface area (Å²) in [5.74, 6) is 2.43. The predicted molar refractivity (Wildman–Crippen MR) is 80.6 cm³/mol. The lowest BCUT2D eigenvalue weighted by Crippen LogP contribution is -2.34. The summed E-state index contributed by atoms with van der Waals surface area (Å²) in [6, 6.07) is 7.70. The third kappa shape index (κ3) is 4.78. The average molecular weight is 278 g/mol. The number of nitrogens with two attached hydrogens (primary N) is 1. The van der Waals surface area contributed by atoms with E-state index in [1.165, 1.54) is 6.42 Å². The van der Waals surface area contributed by atoms with E-state index in [0.717, 1.165) is 29.7 Å². The molecule has 2 rings (SSSR count). The van der Waals surface area contributed by atoms with Crippen LogP contribution in [0, 0.1) is 11.8 Å². The second-order valence-electron chi connectivity index (χ2n) is 6.01. The molecule has 0 spiro atoms. The standard InChI is InChI=1S/C16H26N2O2/c1-12-6-14(12)9-18(2)10-15(19)11-20-16-5-3-4-13(7-16)8-17/h3-5,7,12,14-15,19H,6,8-11,17H2,1-2H3. The number of rotatable bonds is 8. The number of hydrogen-bond donors (Lipinski definition) is 2. The predicted octanol–water partition coefficient (Wildman–Crippen LogP) is 1.47. The van der Waals surface area contributed by atoms with Gasteiger partial charge in [0.1, 0.15) is 18.5 Å². The fourth-order valence-electron chi connectivity index (χ4n) is 2.50. The van der Waals surface area contributed by atoms with Gasteiger partial charge in [0.2, 0.25) is 0 Å². The number of likely N-dealkylation sites (N-methyl/N-ethyl adjacent to an activating group) is 1. The van der Waals surface area contributed by atoms with Crippen molar-refractivity contribution in [3.8, 4) is 5.75 Å². The zero-order valence-corrected chi connectivity index (χ0v) is 12.5. The molecule has 1 aromatic rings. The number of aliphatic hydroxyl groups excluding tert-OH is 1. The second kappa shape index (κ2) is 7.07. The monoisotopic (exact) mass is 278 g/mol. The third-order valence-corrected chi connectivity index (χ3v) is 3.92. The van der Waals surface area contributed by atoms with Gasteiger partial charge in [-0.3, -0.25) is 0 Å². The first-order chi connectivity index (χ1) is 9.58. The van der Waals surface area contributed by atoms with Crippen LogP contribution in [0.3, 0.4) is 0 Å². The van der Waals surface area contributed by atoms with Crippen molar-refractivity contribution >= 4 is 0 Å². The van der Waals surface area contributed by atoms with Gasteiger partial charge in [0.25, 0.3) is 0 Å². The molecule has 1 saturated carbocycles. The van der Waals surface area contributed by atoms with Gasteiger partial charge in [-0.05, 0) is 43.0 Å². The highest BCUT2D eigenvalue weighted by atomic mass is 16.5. The van der Waals surface area contributed by atoms with Gasteiger partial charge < -0.3 is 20.5 Å². The van der Waals surface area contributed by atoms with E-state index >= 15 is 0 Å². The fourth-order valence-corrected chi connectivity index (χ4v) is 2.50. The van der Waals surface area contributed by atoms with E-state index < -0.39 is 6.10 Å². The summed E-state index contributed by atoms with van der Waals surface area (Å²) in [5, 5.41) is 10.0. The van der Waals surface area contributed by atoms with Crippen LogP contribution >= 0.6 is 0 Å². The molecule has 3 atom stereocenters. The SMILES string of the molecule is CC1CC1CN(C)CC(O)COc1cccc(CN)c1. The van der Waals surface area contributed by atoms with E-state index in [2.05, 4.69) is 18.9 Å². The Kier molecular flexibility index (Phi) is 5.40. The molecule has 0 aromatic heterocycles. The van der Waals surface area contributed by atoms with E-state index in [1.54, 1.807) is 0 Å². The lowest BCUT2D eigenvalue weighted by atomic mass is 10.2. The zero-order chi connectivity index (χ0) is 14.5. The molecule has 3 N–H and O–H groups in total. The van der Waals surface area contributed by atoms with Crippen molar-refractivity contribution in [1.29, 1.82) is 0 Å². The Bertz CT molecular complexity index is 425. The normalized spacial score (nSPS) is 22.9. The quantitative estimate of drug-likeness (QED) is 0.756. The molecule has 20 heavy (non-hydrogen) atoms. The summed E-state index contributed by atoms with van der Waals surface area (Å²) >= 11 is 0. The van der Waals surface area contributed by atoms with E-state index in [-0.39, 0.29) is 0 Å². The van der Waals surface area contributed by atoms with Gasteiger partial charge in [0.05, 0.1) is 0 Å². The molecule has 0 saturated heterocycles. The Balaban J connectivity index is 1.69. The van der Waals surface area contributed by atoms with Gasteiger partial charge >= 0.3 is 0 Å². The molecule has 0 aliphatic heterocycles. The van der Waals surface area contributed by atoms with Gasteiger partial charge in [-0.25, -0.2) is 0 Å². The first kappa shape index (κ1) is 15.3. The van der Waals surface area contributed by atoms with Crippen molar-refractivity contribution in [2.45, 2.75) is 26.0 Å². The minimum absolute atomic E-state index is 0.318. The number of benzene rings is 1. The number of ether oxygens (including phenoxy) is 1. The van der Waals surface area contributed by atoms with E-state index in [0.29, 0.717) is 19.7 Å². The molecule has 4 heteroatoms. The highest BCUT2D eigenvalue weighted by molar-refractivity contribution is 5.28. The molecule has 1 fully saturated rings. The highest BCUT2D eigenvalue weighted by Gasteiger charge is 2.33. The van der Waals surface area contributed by atoms with Crippen molar-refractivity contribution in [3.05, 3.63) is 29.8 Å². The van der Waals surface area contributed by atoms with Crippen LogP contribution in [0.4, 0.5) is 0 Å². The van der Waals surface area contributed by atoms with E-state index in [9.17, 15) is 5.11 Å². The summed E-state index contributed by atoms with van der Waals surface area (Å²) in [7, 11) is 2.06. The van der Waals surface area contributed by atoms with E-state index in [1.807, 2.05) is 24.3 Å². The van der Waals surface area contributed by atoms with Gasteiger partial charge in [-0.1, -0.05) is 19.1 Å². The molecule has 1 aliphatic rings. The minimum atomic E-state index is -0.462. The summed E-state index contributed by atoms with van der Waals surface area (Å²) in [6.45, 7) is 4.82. The topological polar surface area (TPSA) is 58.7 Å². The molecule has 1 aliphatic carbocycles. The maximum absolute atomic E-state index is 10.0. The Morgan fingerprint density at radius 3 is 2.90 bits per heavy atom. The van der Waals surface area contributed by atoms with Crippen molar-refractivity contribution in [2.24, 2.45) is 17.6 Å². The van der Waals surface area contributed by atoms with Crippen LogP contribution in [0.5, 0.6) is 5.75 Å². The van der Waals surface area contributed by atoms with Gasteiger partial charge in [-0.15, -0.1) is 0 Å². The Labute approximate surface area is 121 Å². The van der Waals surface area contributed by atoms with Crippen LogP contribution in [0.25, 0.3) is 0 Å². The number of hydrogen-bond acceptors (Lipinski definition) is 4. The Morgan fingerprint density at radius 1 is 1.50 bits per heavy atom. The Hall–Kier alpha value is -1.10. The molecule has 0 heterocycles. The maximum Gasteiger partial charge on any atom is 0.119 e.